The fourth-order valence-corrected chi connectivity index (χ4v) is 4.77. The summed E-state index contributed by atoms with van der Waals surface area (Å²) in [5.74, 6) is 0. The Morgan fingerprint density at radius 3 is 2.76 bits per heavy atom. The first-order chi connectivity index (χ1) is 8.04. The molecule has 1 aromatic rings. The third kappa shape index (κ3) is 3.07. The minimum atomic E-state index is -3.33. The summed E-state index contributed by atoms with van der Waals surface area (Å²) in [5.41, 5.74) is 0.844. The van der Waals surface area contributed by atoms with Gasteiger partial charge in [-0.05, 0) is 37.3 Å². The number of rotatable bonds is 6. The Morgan fingerprint density at radius 2 is 2.18 bits per heavy atom. The maximum Gasteiger partial charge on any atom is 0.242 e. The Morgan fingerprint density at radius 1 is 1.47 bits per heavy atom. The smallest absolute Gasteiger partial charge is 0.242 e. The van der Waals surface area contributed by atoms with Crippen LogP contribution in [-0.2, 0) is 16.6 Å². The van der Waals surface area contributed by atoms with Gasteiger partial charge in [0.15, 0.2) is 0 Å². The van der Waals surface area contributed by atoms with E-state index in [9.17, 15) is 8.42 Å². The molecule has 1 fully saturated rings. The van der Waals surface area contributed by atoms with Crippen molar-refractivity contribution in [1.82, 2.24) is 10.0 Å². The highest BCUT2D eigenvalue weighted by Gasteiger charge is 2.30. The lowest BCUT2D eigenvalue weighted by atomic mass is 10.3. The maximum atomic E-state index is 12.2. The van der Waals surface area contributed by atoms with Crippen LogP contribution in [0.4, 0.5) is 0 Å². The molecular weight excluding hydrogens is 256 g/mol. The van der Waals surface area contributed by atoms with Crippen LogP contribution >= 0.6 is 11.3 Å². The van der Waals surface area contributed by atoms with Crippen LogP contribution < -0.4 is 10.0 Å². The topological polar surface area (TPSA) is 58.2 Å². The number of hydrogen-bond donors (Lipinski definition) is 2. The molecule has 96 valence electrons. The van der Waals surface area contributed by atoms with E-state index >= 15 is 0 Å². The highest BCUT2D eigenvalue weighted by Crippen LogP contribution is 2.29. The van der Waals surface area contributed by atoms with Crippen LogP contribution in [0.25, 0.3) is 0 Å². The van der Waals surface area contributed by atoms with Gasteiger partial charge in [-0.15, -0.1) is 11.3 Å². The molecule has 4 nitrogen and oxygen atoms in total. The maximum absolute atomic E-state index is 12.2. The molecule has 1 heterocycles. The van der Waals surface area contributed by atoms with Gasteiger partial charge < -0.3 is 5.32 Å². The fourth-order valence-electron chi connectivity index (χ4n) is 1.69. The van der Waals surface area contributed by atoms with Crippen molar-refractivity contribution >= 4 is 21.4 Å². The third-order valence-electron chi connectivity index (χ3n) is 2.69. The van der Waals surface area contributed by atoms with E-state index in [4.69, 9.17) is 0 Å². The Hall–Kier alpha value is -0.430. The third-order valence-corrected chi connectivity index (χ3v) is 5.68. The Bertz CT molecular complexity index is 490. The molecule has 0 spiro atoms. The molecule has 0 radical (unpaired) electrons. The molecule has 0 aliphatic heterocycles. The van der Waals surface area contributed by atoms with Crippen molar-refractivity contribution in [2.75, 3.05) is 6.54 Å². The van der Waals surface area contributed by atoms with Crippen molar-refractivity contribution in [3.63, 3.8) is 0 Å². The molecular formula is C11H18N2O2S2. The van der Waals surface area contributed by atoms with E-state index in [1.54, 1.807) is 0 Å². The van der Waals surface area contributed by atoms with E-state index in [-0.39, 0.29) is 6.04 Å². The minimum Gasteiger partial charge on any atom is -0.312 e. The summed E-state index contributed by atoms with van der Waals surface area (Å²) in [6.07, 6.45) is 1.93. The number of aryl methyl sites for hydroxylation is 1. The molecule has 17 heavy (non-hydrogen) atoms. The molecule has 1 aliphatic rings. The standard InChI is InChI=1S/C11H18N2O2S2/c1-3-12-6-10-11(8(2)7-16-10)17(14,15)13-9-4-5-9/h7,9,12-13H,3-6H2,1-2H3. The molecule has 0 bridgehead atoms. The van der Waals surface area contributed by atoms with Crippen molar-refractivity contribution in [3.8, 4) is 0 Å². The highest BCUT2D eigenvalue weighted by atomic mass is 32.2. The summed E-state index contributed by atoms with van der Waals surface area (Å²) in [4.78, 5) is 1.38. The summed E-state index contributed by atoms with van der Waals surface area (Å²) in [6.45, 7) is 5.33. The minimum absolute atomic E-state index is 0.159. The quantitative estimate of drug-likeness (QED) is 0.828. The van der Waals surface area contributed by atoms with Crippen LogP contribution in [0.5, 0.6) is 0 Å². The van der Waals surface area contributed by atoms with Crippen LogP contribution in [0.1, 0.15) is 30.2 Å². The predicted molar refractivity (Wildman–Crippen MR) is 69.8 cm³/mol. The SMILES string of the molecule is CCNCc1scc(C)c1S(=O)(=O)NC1CC1. The normalized spacial score (nSPS) is 16.4. The van der Waals surface area contributed by atoms with E-state index in [0.29, 0.717) is 11.4 Å². The van der Waals surface area contributed by atoms with Gasteiger partial charge in [-0.1, -0.05) is 6.92 Å². The Labute approximate surface area is 106 Å². The molecule has 0 saturated heterocycles. The molecule has 1 saturated carbocycles. The monoisotopic (exact) mass is 274 g/mol. The van der Waals surface area contributed by atoms with Gasteiger partial charge in [0.2, 0.25) is 10.0 Å². The van der Waals surface area contributed by atoms with E-state index in [1.165, 1.54) is 11.3 Å². The van der Waals surface area contributed by atoms with E-state index in [1.807, 2.05) is 19.2 Å². The van der Waals surface area contributed by atoms with Gasteiger partial charge in [-0.25, -0.2) is 13.1 Å². The van der Waals surface area contributed by atoms with Crippen LogP contribution in [0.3, 0.4) is 0 Å². The summed E-state index contributed by atoms with van der Waals surface area (Å²) >= 11 is 1.51. The highest BCUT2D eigenvalue weighted by molar-refractivity contribution is 7.89. The number of nitrogens with one attached hydrogen (secondary N) is 2. The lowest BCUT2D eigenvalue weighted by Gasteiger charge is -2.08. The van der Waals surface area contributed by atoms with Crippen LogP contribution in [-0.4, -0.2) is 21.0 Å². The second-order valence-electron chi connectivity index (χ2n) is 4.35. The van der Waals surface area contributed by atoms with Crippen molar-refractivity contribution in [1.29, 1.82) is 0 Å². The summed E-state index contributed by atoms with van der Waals surface area (Å²) in [5, 5.41) is 5.09. The summed E-state index contributed by atoms with van der Waals surface area (Å²) in [6, 6.07) is 0.159. The van der Waals surface area contributed by atoms with Gasteiger partial charge in [-0.2, -0.15) is 0 Å². The number of thiophene rings is 1. The van der Waals surface area contributed by atoms with Gasteiger partial charge in [-0.3, -0.25) is 0 Å². The van der Waals surface area contributed by atoms with Gasteiger partial charge >= 0.3 is 0 Å². The fraction of sp³-hybridized carbons (Fsp3) is 0.636. The Kier molecular flexibility index (Phi) is 3.87. The number of hydrogen-bond acceptors (Lipinski definition) is 4. The predicted octanol–water partition coefficient (Wildman–Crippen LogP) is 1.61. The zero-order chi connectivity index (χ0) is 12.5. The zero-order valence-corrected chi connectivity index (χ0v) is 11.7. The summed E-state index contributed by atoms with van der Waals surface area (Å²) < 4.78 is 27.2. The first kappa shape index (κ1) is 13.0. The lowest BCUT2D eigenvalue weighted by Crippen LogP contribution is -2.27. The lowest BCUT2D eigenvalue weighted by molar-refractivity contribution is 0.579. The molecule has 0 amide bonds. The largest absolute Gasteiger partial charge is 0.312 e. The molecule has 2 N–H and O–H groups in total. The second-order valence-corrected chi connectivity index (χ2v) is 6.96. The van der Waals surface area contributed by atoms with Crippen LogP contribution in [0.2, 0.25) is 0 Å². The first-order valence-electron chi connectivity index (χ1n) is 5.84. The summed E-state index contributed by atoms with van der Waals surface area (Å²) in [7, 11) is -3.33. The van der Waals surface area contributed by atoms with E-state index in [2.05, 4.69) is 10.0 Å². The van der Waals surface area contributed by atoms with Crippen LogP contribution in [0.15, 0.2) is 10.3 Å². The van der Waals surface area contributed by atoms with Gasteiger partial charge in [0.1, 0.15) is 4.90 Å². The average molecular weight is 274 g/mol. The molecule has 0 unspecified atom stereocenters. The molecule has 1 aliphatic carbocycles. The van der Waals surface area contributed by atoms with Crippen molar-refractivity contribution in [3.05, 3.63) is 15.8 Å². The van der Waals surface area contributed by atoms with Crippen LogP contribution in [0, 0.1) is 6.92 Å². The zero-order valence-electron chi connectivity index (χ0n) is 10.1. The number of sulfonamides is 1. The molecule has 0 atom stereocenters. The molecule has 1 aromatic heterocycles. The van der Waals surface area contributed by atoms with E-state index in [0.717, 1.165) is 29.8 Å². The first-order valence-corrected chi connectivity index (χ1v) is 8.21. The van der Waals surface area contributed by atoms with Crippen molar-refractivity contribution in [2.45, 2.75) is 44.2 Å². The molecule has 6 heteroatoms. The van der Waals surface area contributed by atoms with Crippen molar-refractivity contribution < 1.29 is 8.42 Å². The average Bonchev–Trinajstić information content (AvgIpc) is 2.96. The van der Waals surface area contributed by atoms with Gasteiger partial charge in [0, 0.05) is 17.5 Å². The second kappa shape index (κ2) is 5.06. The van der Waals surface area contributed by atoms with Gasteiger partial charge in [0.05, 0.1) is 0 Å². The van der Waals surface area contributed by atoms with Gasteiger partial charge in [0.25, 0.3) is 0 Å². The molecule has 2 rings (SSSR count). The Balaban J connectivity index is 2.25. The molecule has 0 aromatic carbocycles. The van der Waals surface area contributed by atoms with E-state index < -0.39 is 10.0 Å². The van der Waals surface area contributed by atoms with Crippen molar-refractivity contribution in [2.24, 2.45) is 0 Å².